The Morgan fingerprint density at radius 2 is 1.68 bits per heavy atom. The summed E-state index contributed by atoms with van der Waals surface area (Å²) in [6.45, 7) is 0.440. The second-order valence-electron chi connectivity index (χ2n) is 6.40. The minimum atomic E-state index is -0.252. The van der Waals surface area contributed by atoms with Crippen molar-refractivity contribution in [2.24, 2.45) is 0 Å². The van der Waals surface area contributed by atoms with Crippen LogP contribution in [-0.2, 0) is 6.42 Å². The Hall–Kier alpha value is -3.54. The quantitative estimate of drug-likeness (QED) is 0.526. The number of H-pyrrole nitrogens is 2. The summed E-state index contributed by atoms with van der Waals surface area (Å²) >= 11 is 0. The highest BCUT2D eigenvalue weighted by Gasteiger charge is 2.14. The molecule has 28 heavy (non-hydrogen) atoms. The summed E-state index contributed by atoms with van der Waals surface area (Å²) in [5.74, 6) is 1.10. The third-order valence-electron chi connectivity index (χ3n) is 4.57. The molecule has 0 radical (unpaired) electrons. The van der Waals surface area contributed by atoms with Crippen molar-refractivity contribution >= 4 is 11.0 Å². The minimum absolute atomic E-state index is 0.247. The summed E-state index contributed by atoms with van der Waals surface area (Å²) in [6, 6.07) is 17.7. The summed E-state index contributed by atoms with van der Waals surface area (Å²) in [7, 11) is 1.61. The third kappa shape index (κ3) is 3.62. The van der Waals surface area contributed by atoms with Gasteiger partial charge in [0.2, 0.25) is 0 Å². The summed E-state index contributed by atoms with van der Waals surface area (Å²) < 4.78 is 24.6. The fourth-order valence-corrected chi connectivity index (χ4v) is 3.20. The fourth-order valence-electron chi connectivity index (χ4n) is 3.20. The molecule has 4 rings (SSSR count). The van der Waals surface area contributed by atoms with E-state index in [-0.39, 0.29) is 11.5 Å². The van der Waals surface area contributed by atoms with Gasteiger partial charge >= 0.3 is 5.69 Å². The molecule has 0 fully saturated rings. The van der Waals surface area contributed by atoms with Gasteiger partial charge in [0.1, 0.15) is 17.3 Å². The summed E-state index contributed by atoms with van der Waals surface area (Å²) in [5, 5.41) is 0. The largest absolute Gasteiger partial charge is 0.496 e. The summed E-state index contributed by atoms with van der Waals surface area (Å²) in [6.07, 6.45) is 0.654. The van der Waals surface area contributed by atoms with Crippen molar-refractivity contribution in [3.8, 4) is 22.6 Å². The van der Waals surface area contributed by atoms with Crippen LogP contribution in [-0.4, -0.2) is 23.7 Å². The predicted octanol–water partition coefficient (Wildman–Crippen LogP) is 4.29. The van der Waals surface area contributed by atoms with Gasteiger partial charge in [0, 0.05) is 6.42 Å². The number of hydrogen-bond donors (Lipinski definition) is 2. The smallest absolute Gasteiger partial charge is 0.323 e. The number of benzene rings is 3. The Morgan fingerprint density at radius 1 is 0.929 bits per heavy atom. The molecular formula is C22H19FN2O3. The molecule has 4 aromatic rings. The lowest BCUT2D eigenvalue weighted by Gasteiger charge is -2.15. The maximum absolute atomic E-state index is 13.0. The van der Waals surface area contributed by atoms with Gasteiger partial charge in [-0.05, 0) is 47.5 Å². The summed E-state index contributed by atoms with van der Waals surface area (Å²) in [4.78, 5) is 17.0. The normalized spacial score (nSPS) is 10.9. The number of rotatable bonds is 6. The second kappa shape index (κ2) is 7.60. The first-order valence-corrected chi connectivity index (χ1v) is 8.91. The first-order chi connectivity index (χ1) is 13.6. The van der Waals surface area contributed by atoms with Crippen molar-refractivity contribution in [2.45, 2.75) is 6.42 Å². The van der Waals surface area contributed by atoms with Gasteiger partial charge in [0.15, 0.2) is 0 Å². The molecule has 6 heteroatoms. The third-order valence-corrected chi connectivity index (χ3v) is 4.57. The van der Waals surface area contributed by atoms with Crippen LogP contribution in [0.5, 0.6) is 11.5 Å². The number of hydrogen-bond acceptors (Lipinski definition) is 3. The van der Waals surface area contributed by atoms with Crippen molar-refractivity contribution in [2.75, 3.05) is 13.7 Å². The number of aromatic nitrogens is 2. The highest BCUT2D eigenvalue weighted by Crippen LogP contribution is 2.39. The molecule has 2 N–H and O–H groups in total. The molecule has 1 heterocycles. The predicted molar refractivity (Wildman–Crippen MR) is 107 cm³/mol. The molecular weight excluding hydrogens is 359 g/mol. The van der Waals surface area contributed by atoms with E-state index in [0.717, 1.165) is 22.2 Å². The van der Waals surface area contributed by atoms with Crippen LogP contribution >= 0.6 is 0 Å². The van der Waals surface area contributed by atoms with Crippen molar-refractivity contribution in [1.29, 1.82) is 0 Å². The van der Waals surface area contributed by atoms with E-state index in [1.807, 2.05) is 36.4 Å². The molecule has 5 nitrogen and oxygen atoms in total. The van der Waals surface area contributed by atoms with Gasteiger partial charge in [-0.15, -0.1) is 0 Å². The highest BCUT2D eigenvalue weighted by molar-refractivity contribution is 5.85. The van der Waals surface area contributed by atoms with Gasteiger partial charge in [-0.25, -0.2) is 9.18 Å². The van der Waals surface area contributed by atoms with Crippen LogP contribution in [0.25, 0.3) is 22.2 Å². The van der Waals surface area contributed by atoms with Crippen molar-refractivity contribution < 1.29 is 13.9 Å². The number of fused-ring (bicyclic) bond motifs is 1. The number of ether oxygens (including phenoxy) is 2. The first-order valence-electron chi connectivity index (χ1n) is 8.91. The topological polar surface area (TPSA) is 67.1 Å². The van der Waals surface area contributed by atoms with Gasteiger partial charge in [0.25, 0.3) is 0 Å². The standard InChI is InChI=1S/C22H19FN2O3/c1-27-19-3-2-4-20(28-12-11-14-5-8-16(23)9-6-14)21(19)15-7-10-17-18(13-15)25-22(26)24-17/h2-10,13H,11-12H2,1H3,(H2,24,25,26). The number of aromatic amines is 2. The molecule has 0 bridgehead atoms. The van der Waals surface area contributed by atoms with Gasteiger partial charge in [-0.3, -0.25) is 0 Å². The molecule has 3 aromatic carbocycles. The van der Waals surface area contributed by atoms with Gasteiger partial charge in [0.05, 0.1) is 30.3 Å². The van der Waals surface area contributed by atoms with Gasteiger partial charge in [-0.1, -0.05) is 24.3 Å². The molecule has 0 unspecified atom stereocenters. The van der Waals surface area contributed by atoms with Crippen LogP contribution in [0.2, 0.25) is 0 Å². The average Bonchev–Trinajstić information content (AvgIpc) is 3.08. The van der Waals surface area contributed by atoms with E-state index in [2.05, 4.69) is 9.97 Å². The molecule has 0 amide bonds. The lowest BCUT2D eigenvalue weighted by atomic mass is 10.0. The maximum Gasteiger partial charge on any atom is 0.323 e. The molecule has 0 saturated heterocycles. The van der Waals surface area contributed by atoms with Crippen LogP contribution in [0, 0.1) is 5.82 Å². The average molecular weight is 378 g/mol. The van der Waals surface area contributed by atoms with Gasteiger partial charge < -0.3 is 19.4 Å². The first kappa shape index (κ1) is 17.9. The van der Waals surface area contributed by atoms with E-state index in [4.69, 9.17) is 9.47 Å². The lowest BCUT2D eigenvalue weighted by Crippen LogP contribution is -2.03. The van der Waals surface area contributed by atoms with Crippen molar-refractivity contribution in [3.63, 3.8) is 0 Å². The number of halogens is 1. The van der Waals surface area contributed by atoms with Crippen LogP contribution in [0.4, 0.5) is 4.39 Å². The van der Waals surface area contributed by atoms with Crippen LogP contribution in [0.15, 0.2) is 65.5 Å². The zero-order valence-corrected chi connectivity index (χ0v) is 15.3. The molecule has 0 atom stereocenters. The van der Waals surface area contributed by atoms with E-state index in [0.29, 0.717) is 30.0 Å². The molecule has 0 aliphatic carbocycles. The minimum Gasteiger partial charge on any atom is -0.496 e. The highest BCUT2D eigenvalue weighted by atomic mass is 19.1. The second-order valence-corrected chi connectivity index (χ2v) is 6.40. The Bertz CT molecular complexity index is 1160. The lowest BCUT2D eigenvalue weighted by molar-refractivity contribution is 0.320. The maximum atomic E-state index is 13.0. The monoisotopic (exact) mass is 378 g/mol. The molecule has 0 spiro atoms. The molecule has 0 aliphatic heterocycles. The van der Waals surface area contributed by atoms with Crippen molar-refractivity contribution in [1.82, 2.24) is 9.97 Å². The van der Waals surface area contributed by atoms with E-state index >= 15 is 0 Å². The zero-order valence-electron chi connectivity index (χ0n) is 15.3. The molecule has 142 valence electrons. The Kier molecular flexibility index (Phi) is 4.85. The zero-order chi connectivity index (χ0) is 19.5. The molecule has 1 aromatic heterocycles. The van der Waals surface area contributed by atoms with Crippen LogP contribution in [0.3, 0.4) is 0 Å². The number of nitrogens with one attached hydrogen (secondary N) is 2. The van der Waals surface area contributed by atoms with Crippen LogP contribution < -0.4 is 15.2 Å². The van der Waals surface area contributed by atoms with E-state index < -0.39 is 0 Å². The Labute approximate surface area is 160 Å². The SMILES string of the molecule is COc1cccc(OCCc2ccc(F)cc2)c1-c1ccc2[nH]c(=O)[nH]c2c1. The summed E-state index contributed by atoms with van der Waals surface area (Å²) in [5.41, 5.74) is 3.89. The molecule has 0 aliphatic rings. The molecule has 0 saturated carbocycles. The Morgan fingerprint density at radius 3 is 2.46 bits per heavy atom. The van der Waals surface area contributed by atoms with Crippen molar-refractivity contribution in [3.05, 3.63) is 82.5 Å². The van der Waals surface area contributed by atoms with E-state index in [1.165, 1.54) is 12.1 Å². The van der Waals surface area contributed by atoms with Crippen LogP contribution in [0.1, 0.15) is 5.56 Å². The number of methoxy groups -OCH3 is 1. The number of imidazole rings is 1. The van der Waals surface area contributed by atoms with E-state index in [1.54, 1.807) is 19.2 Å². The van der Waals surface area contributed by atoms with Gasteiger partial charge in [-0.2, -0.15) is 0 Å². The fraction of sp³-hybridized carbons (Fsp3) is 0.136. The van der Waals surface area contributed by atoms with E-state index in [9.17, 15) is 9.18 Å². The Balaban J connectivity index is 1.63.